The zero-order chi connectivity index (χ0) is 14.9. The zero-order valence-corrected chi connectivity index (χ0v) is 13.3. The summed E-state index contributed by atoms with van der Waals surface area (Å²) in [5.74, 6) is 0.796. The number of hydrogen-bond acceptors (Lipinski definition) is 4. The Labute approximate surface area is 136 Å². The van der Waals surface area contributed by atoms with Gasteiger partial charge in [0.25, 0.3) is 0 Å². The van der Waals surface area contributed by atoms with Gasteiger partial charge in [-0.25, -0.2) is 4.68 Å². The summed E-state index contributed by atoms with van der Waals surface area (Å²) in [6, 6.07) is 12.7. The van der Waals surface area contributed by atoms with E-state index in [-0.39, 0.29) is 12.1 Å². The molecule has 0 saturated heterocycles. The van der Waals surface area contributed by atoms with Crippen LogP contribution in [-0.4, -0.2) is 19.7 Å². The van der Waals surface area contributed by atoms with Crippen LogP contribution in [-0.2, 0) is 0 Å². The Kier molecular flexibility index (Phi) is 3.38. The highest BCUT2D eigenvalue weighted by Gasteiger charge is 2.29. The molecule has 1 aliphatic heterocycles. The predicted octanol–water partition coefficient (Wildman–Crippen LogP) is 3.58. The van der Waals surface area contributed by atoms with E-state index >= 15 is 0 Å². The number of pyridine rings is 1. The number of hydrogen-bond donors (Lipinski definition) is 1. The van der Waals surface area contributed by atoms with E-state index in [2.05, 4.69) is 60.6 Å². The SMILES string of the molecule is Brc1cccc([C@@H]2C[C@H](c3cccnc3)Nc3ncnn32)c1. The lowest BCUT2D eigenvalue weighted by Crippen LogP contribution is -2.28. The van der Waals surface area contributed by atoms with Crippen molar-refractivity contribution < 1.29 is 0 Å². The summed E-state index contributed by atoms with van der Waals surface area (Å²) in [6.07, 6.45) is 6.19. The van der Waals surface area contributed by atoms with Gasteiger partial charge in [0.15, 0.2) is 0 Å². The molecule has 6 heteroatoms. The molecule has 1 N–H and O–H groups in total. The van der Waals surface area contributed by atoms with Gasteiger partial charge in [0.1, 0.15) is 6.33 Å². The Morgan fingerprint density at radius 3 is 2.91 bits per heavy atom. The van der Waals surface area contributed by atoms with Crippen molar-refractivity contribution in [1.29, 1.82) is 0 Å². The maximum absolute atomic E-state index is 4.38. The lowest BCUT2D eigenvalue weighted by Gasteiger charge is -2.31. The van der Waals surface area contributed by atoms with E-state index in [0.717, 1.165) is 22.4 Å². The normalized spacial score (nSPS) is 20.2. The van der Waals surface area contributed by atoms with Crippen molar-refractivity contribution in [3.8, 4) is 0 Å². The molecule has 3 heterocycles. The summed E-state index contributed by atoms with van der Waals surface area (Å²) in [5, 5.41) is 7.83. The first-order chi connectivity index (χ1) is 10.8. The molecule has 1 aliphatic rings. The molecule has 0 unspecified atom stereocenters. The topological polar surface area (TPSA) is 55.6 Å². The number of halogens is 1. The molecule has 0 amide bonds. The van der Waals surface area contributed by atoms with Gasteiger partial charge < -0.3 is 5.32 Å². The van der Waals surface area contributed by atoms with Crippen LogP contribution in [0.5, 0.6) is 0 Å². The van der Waals surface area contributed by atoms with E-state index in [1.807, 2.05) is 23.0 Å². The summed E-state index contributed by atoms with van der Waals surface area (Å²) in [4.78, 5) is 8.56. The second kappa shape index (κ2) is 5.53. The van der Waals surface area contributed by atoms with Gasteiger partial charge in [0.05, 0.1) is 12.1 Å². The van der Waals surface area contributed by atoms with E-state index in [4.69, 9.17) is 0 Å². The van der Waals surface area contributed by atoms with E-state index < -0.39 is 0 Å². The minimum atomic E-state index is 0.154. The number of anilines is 1. The number of nitrogens with zero attached hydrogens (tertiary/aromatic N) is 4. The Hall–Kier alpha value is -2.21. The Balaban J connectivity index is 1.75. The van der Waals surface area contributed by atoms with Crippen molar-refractivity contribution in [3.63, 3.8) is 0 Å². The molecule has 0 fully saturated rings. The first-order valence-electron chi connectivity index (χ1n) is 7.13. The van der Waals surface area contributed by atoms with Crippen LogP contribution in [0.1, 0.15) is 29.6 Å². The van der Waals surface area contributed by atoms with Crippen LogP contribution in [0.3, 0.4) is 0 Å². The third-order valence-corrected chi connectivity index (χ3v) is 4.44. The van der Waals surface area contributed by atoms with Gasteiger partial charge in [-0.3, -0.25) is 4.98 Å². The third kappa shape index (κ3) is 2.39. The fourth-order valence-electron chi connectivity index (χ4n) is 2.91. The maximum atomic E-state index is 4.38. The summed E-state index contributed by atoms with van der Waals surface area (Å²) in [5.41, 5.74) is 2.38. The molecule has 0 bridgehead atoms. The van der Waals surface area contributed by atoms with Crippen LogP contribution in [0, 0.1) is 0 Å². The van der Waals surface area contributed by atoms with Gasteiger partial charge in [0.2, 0.25) is 5.95 Å². The molecule has 1 aromatic carbocycles. The highest BCUT2D eigenvalue weighted by molar-refractivity contribution is 9.10. The molecule has 2 aromatic heterocycles. The van der Waals surface area contributed by atoms with Gasteiger partial charge in [-0.05, 0) is 35.7 Å². The predicted molar refractivity (Wildman–Crippen MR) is 87.5 cm³/mol. The lowest BCUT2D eigenvalue weighted by molar-refractivity contribution is 0.430. The van der Waals surface area contributed by atoms with E-state index in [1.165, 1.54) is 5.56 Å². The van der Waals surface area contributed by atoms with E-state index in [1.54, 1.807) is 12.5 Å². The molecule has 3 aromatic rings. The molecule has 0 spiro atoms. The first-order valence-corrected chi connectivity index (χ1v) is 7.92. The average molecular weight is 356 g/mol. The molecule has 0 aliphatic carbocycles. The fraction of sp³-hybridized carbons (Fsp3) is 0.188. The molecular weight excluding hydrogens is 342 g/mol. The van der Waals surface area contributed by atoms with Crippen LogP contribution in [0.4, 0.5) is 5.95 Å². The van der Waals surface area contributed by atoms with Gasteiger partial charge in [-0.1, -0.05) is 34.1 Å². The average Bonchev–Trinajstić information content (AvgIpc) is 3.03. The Bertz CT molecular complexity index is 786. The van der Waals surface area contributed by atoms with Crippen molar-refractivity contribution in [2.75, 3.05) is 5.32 Å². The molecule has 4 rings (SSSR count). The maximum Gasteiger partial charge on any atom is 0.222 e. The molecule has 2 atom stereocenters. The van der Waals surface area contributed by atoms with Crippen LogP contribution >= 0.6 is 15.9 Å². The van der Waals surface area contributed by atoms with Crippen molar-refractivity contribution in [1.82, 2.24) is 19.7 Å². The van der Waals surface area contributed by atoms with Gasteiger partial charge in [0, 0.05) is 16.9 Å². The van der Waals surface area contributed by atoms with E-state index in [9.17, 15) is 0 Å². The summed E-state index contributed by atoms with van der Waals surface area (Å²) >= 11 is 3.55. The Morgan fingerprint density at radius 1 is 1.18 bits per heavy atom. The quantitative estimate of drug-likeness (QED) is 0.763. The number of fused-ring (bicyclic) bond motifs is 1. The highest BCUT2D eigenvalue weighted by atomic mass is 79.9. The molecule has 5 nitrogen and oxygen atoms in total. The minimum Gasteiger partial charge on any atom is -0.347 e. The summed E-state index contributed by atoms with van der Waals surface area (Å²) in [6.45, 7) is 0. The highest BCUT2D eigenvalue weighted by Crippen LogP contribution is 2.37. The molecular formula is C16H14BrN5. The van der Waals surface area contributed by atoms with Crippen molar-refractivity contribution in [2.45, 2.75) is 18.5 Å². The largest absolute Gasteiger partial charge is 0.347 e. The van der Waals surface area contributed by atoms with Gasteiger partial charge >= 0.3 is 0 Å². The van der Waals surface area contributed by atoms with Crippen molar-refractivity contribution in [3.05, 3.63) is 70.7 Å². The molecule has 22 heavy (non-hydrogen) atoms. The summed E-state index contributed by atoms with van der Waals surface area (Å²) in [7, 11) is 0. The first kappa shape index (κ1) is 13.5. The van der Waals surface area contributed by atoms with Crippen LogP contribution < -0.4 is 5.32 Å². The monoisotopic (exact) mass is 355 g/mol. The summed E-state index contributed by atoms with van der Waals surface area (Å²) < 4.78 is 3.03. The van der Waals surface area contributed by atoms with Crippen LogP contribution in [0.25, 0.3) is 0 Å². The second-order valence-corrected chi connectivity index (χ2v) is 6.23. The number of aromatic nitrogens is 4. The minimum absolute atomic E-state index is 0.154. The zero-order valence-electron chi connectivity index (χ0n) is 11.7. The number of benzene rings is 1. The fourth-order valence-corrected chi connectivity index (χ4v) is 3.33. The smallest absolute Gasteiger partial charge is 0.222 e. The molecule has 110 valence electrons. The Morgan fingerprint density at radius 2 is 2.09 bits per heavy atom. The third-order valence-electron chi connectivity index (χ3n) is 3.95. The molecule has 0 radical (unpaired) electrons. The van der Waals surface area contributed by atoms with E-state index in [0.29, 0.717) is 0 Å². The van der Waals surface area contributed by atoms with Crippen LogP contribution in [0.2, 0.25) is 0 Å². The molecule has 0 saturated carbocycles. The van der Waals surface area contributed by atoms with Gasteiger partial charge in [-0.2, -0.15) is 10.1 Å². The second-order valence-electron chi connectivity index (χ2n) is 5.32. The van der Waals surface area contributed by atoms with Crippen molar-refractivity contribution in [2.24, 2.45) is 0 Å². The van der Waals surface area contributed by atoms with Gasteiger partial charge in [-0.15, -0.1) is 0 Å². The lowest BCUT2D eigenvalue weighted by atomic mass is 9.94. The van der Waals surface area contributed by atoms with Crippen molar-refractivity contribution >= 4 is 21.9 Å². The number of rotatable bonds is 2. The standard InChI is InChI=1S/C16H14BrN5/c17-13-5-1-3-11(7-13)15-8-14(12-4-2-6-18-9-12)21-16-19-10-20-22(15)16/h1-7,9-10,14-15H,8H2,(H,19,20,21)/t14-,15+/m1/s1. The van der Waals surface area contributed by atoms with Crippen LogP contribution in [0.15, 0.2) is 59.6 Å². The number of nitrogens with one attached hydrogen (secondary N) is 1.